The number of aromatic nitrogens is 1. The van der Waals surface area contributed by atoms with Crippen LogP contribution < -0.4 is 5.32 Å². The molecular formula is C13H9Cl2N3OS. The van der Waals surface area contributed by atoms with E-state index in [1.165, 1.54) is 11.3 Å². The smallest absolute Gasteiger partial charge is 0.240 e. The predicted molar refractivity (Wildman–Crippen MR) is 80.2 cm³/mol. The fraction of sp³-hybridized carbons (Fsp3) is 0.154. The molecule has 0 aliphatic carbocycles. The lowest BCUT2D eigenvalue weighted by Gasteiger charge is -2.02. The molecule has 2 rings (SSSR count). The van der Waals surface area contributed by atoms with Gasteiger partial charge in [0.2, 0.25) is 5.91 Å². The number of carbonyl (C=O) groups excluding carboxylic acids is 1. The van der Waals surface area contributed by atoms with Gasteiger partial charge in [0.1, 0.15) is 6.42 Å². The van der Waals surface area contributed by atoms with Crippen LogP contribution in [0.4, 0.5) is 5.13 Å². The van der Waals surface area contributed by atoms with E-state index in [1.54, 1.807) is 24.4 Å². The van der Waals surface area contributed by atoms with Crippen LogP contribution in [0.3, 0.4) is 0 Å². The van der Waals surface area contributed by atoms with Gasteiger partial charge in [0, 0.05) is 27.5 Å². The van der Waals surface area contributed by atoms with Crippen molar-refractivity contribution in [1.82, 2.24) is 4.98 Å². The van der Waals surface area contributed by atoms with E-state index in [0.29, 0.717) is 21.6 Å². The van der Waals surface area contributed by atoms with Crippen molar-refractivity contribution in [3.63, 3.8) is 0 Å². The highest BCUT2D eigenvalue weighted by molar-refractivity contribution is 7.15. The highest BCUT2D eigenvalue weighted by Crippen LogP contribution is 2.26. The number of thiazole rings is 1. The lowest BCUT2D eigenvalue weighted by molar-refractivity contribution is -0.115. The Morgan fingerprint density at radius 3 is 2.95 bits per heavy atom. The highest BCUT2D eigenvalue weighted by Gasteiger charge is 2.08. The first-order valence-corrected chi connectivity index (χ1v) is 7.21. The second-order valence-electron chi connectivity index (χ2n) is 3.93. The van der Waals surface area contributed by atoms with Crippen molar-refractivity contribution in [1.29, 1.82) is 5.26 Å². The van der Waals surface area contributed by atoms with Crippen molar-refractivity contribution < 1.29 is 4.79 Å². The molecule has 4 nitrogen and oxygen atoms in total. The van der Waals surface area contributed by atoms with Crippen molar-refractivity contribution >= 4 is 45.6 Å². The van der Waals surface area contributed by atoms with Crippen LogP contribution in [-0.4, -0.2) is 10.9 Å². The minimum absolute atomic E-state index is 0.183. The Bertz CT molecular complexity index is 678. The molecule has 7 heteroatoms. The van der Waals surface area contributed by atoms with Crippen LogP contribution >= 0.6 is 34.5 Å². The minimum atomic E-state index is -0.363. The van der Waals surface area contributed by atoms with E-state index in [0.717, 1.165) is 10.4 Å². The monoisotopic (exact) mass is 325 g/mol. The van der Waals surface area contributed by atoms with Gasteiger partial charge in [-0.3, -0.25) is 4.79 Å². The van der Waals surface area contributed by atoms with E-state index in [-0.39, 0.29) is 12.3 Å². The standard InChI is InChI=1S/C13H9Cl2N3OS/c14-9-2-1-8(11(15)6-9)5-10-7-17-13(20-10)18-12(19)3-4-16/h1-2,6-7H,3,5H2,(H,17,18,19). The number of hydrogen-bond acceptors (Lipinski definition) is 4. The molecule has 1 amide bonds. The Morgan fingerprint density at radius 1 is 1.45 bits per heavy atom. The molecule has 1 aromatic carbocycles. The summed E-state index contributed by atoms with van der Waals surface area (Å²) in [5.41, 5.74) is 0.939. The van der Waals surface area contributed by atoms with Crippen LogP contribution in [0, 0.1) is 11.3 Å². The molecule has 0 aliphatic rings. The third kappa shape index (κ3) is 3.94. The number of amides is 1. The van der Waals surface area contributed by atoms with Gasteiger partial charge in [-0.25, -0.2) is 4.98 Å². The third-order valence-electron chi connectivity index (χ3n) is 2.42. The molecule has 0 aliphatic heterocycles. The van der Waals surface area contributed by atoms with E-state index in [4.69, 9.17) is 28.5 Å². The number of benzene rings is 1. The van der Waals surface area contributed by atoms with Crippen LogP contribution in [0.1, 0.15) is 16.9 Å². The van der Waals surface area contributed by atoms with Crippen LogP contribution in [0.2, 0.25) is 10.0 Å². The molecule has 0 unspecified atom stereocenters. The van der Waals surface area contributed by atoms with Crippen LogP contribution in [0.15, 0.2) is 24.4 Å². The van der Waals surface area contributed by atoms with Gasteiger partial charge in [-0.15, -0.1) is 11.3 Å². The molecule has 0 fully saturated rings. The van der Waals surface area contributed by atoms with Gasteiger partial charge < -0.3 is 5.32 Å². The van der Waals surface area contributed by atoms with E-state index >= 15 is 0 Å². The summed E-state index contributed by atoms with van der Waals surface area (Å²) in [5, 5.41) is 12.6. The van der Waals surface area contributed by atoms with E-state index in [1.807, 2.05) is 6.07 Å². The number of nitrogens with zero attached hydrogens (tertiary/aromatic N) is 2. The lowest BCUT2D eigenvalue weighted by atomic mass is 10.1. The van der Waals surface area contributed by atoms with E-state index in [9.17, 15) is 4.79 Å². The largest absolute Gasteiger partial charge is 0.301 e. The Balaban J connectivity index is 2.06. The summed E-state index contributed by atoms with van der Waals surface area (Å²) in [5.74, 6) is -0.363. The van der Waals surface area contributed by atoms with Crippen molar-refractivity contribution in [2.24, 2.45) is 0 Å². The quantitative estimate of drug-likeness (QED) is 0.927. The second-order valence-corrected chi connectivity index (χ2v) is 5.89. The normalized spacial score (nSPS) is 10.1. The number of carbonyl (C=O) groups is 1. The first-order valence-electron chi connectivity index (χ1n) is 5.64. The molecule has 102 valence electrons. The number of halogens is 2. The zero-order valence-electron chi connectivity index (χ0n) is 10.2. The molecule has 1 N–H and O–H groups in total. The van der Waals surface area contributed by atoms with Gasteiger partial charge in [-0.2, -0.15) is 5.26 Å². The van der Waals surface area contributed by atoms with Crippen molar-refractivity contribution in [3.05, 3.63) is 44.9 Å². The van der Waals surface area contributed by atoms with E-state index in [2.05, 4.69) is 10.3 Å². The molecule has 1 heterocycles. The number of anilines is 1. The van der Waals surface area contributed by atoms with Gasteiger partial charge in [-0.05, 0) is 17.7 Å². The van der Waals surface area contributed by atoms with Gasteiger partial charge in [0.05, 0.1) is 6.07 Å². The second kappa shape index (κ2) is 6.71. The Hall–Kier alpha value is -1.61. The average Bonchev–Trinajstić information content (AvgIpc) is 2.80. The van der Waals surface area contributed by atoms with Crippen molar-refractivity contribution in [2.75, 3.05) is 5.32 Å². The number of hydrogen-bond donors (Lipinski definition) is 1. The minimum Gasteiger partial charge on any atom is -0.301 e. The van der Waals surface area contributed by atoms with Crippen LogP contribution in [-0.2, 0) is 11.2 Å². The molecule has 0 saturated carbocycles. The molecule has 1 aromatic heterocycles. The summed E-state index contributed by atoms with van der Waals surface area (Å²) < 4.78 is 0. The van der Waals surface area contributed by atoms with Gasteiger partial charge in [0.15, 0.2) is 5.13 Å². The third-order valence-corrected chi connectivity index (χ3v) is 3.92. The molecule has 20 heavy (non-hydrogen) atoms. The molecular weight excluding hydrogens is 317 g/mol. The maximum absolute atomic E-state index is 11.3. The summed E-state index contributed by atoms with van der Waals surface area (Å²) in [4.78, 5) is 16.3. The SMILES string of the molecule is N#CCC(=O)Nc1ncc(Cc2ccc(Cl)cc2Cl)s1. The highest BCUT2D eigenvalue weighted by atomic mass is 35.5. The lowest BCUT2D eigenvalue weighted by Crippen LogP contribution is -2.09. The summed E-state index contributed by atoms with van der Waals surface area (Å²) in [6.07, 6.45) is 2.11. The van der Waals surface area contributed by atoms with Gasteiger partial charge in [0.25, 0.3) is 0 Å². The summed E-state index contributed by atoms with van der Waals surface area (Å²) in [7, 11) is 0. The van der Waals surface area contributed by atoms with Crippen molar-refractivity contribution in [2.45, 2.75) is 12.8 Å². The summed E-state index contributed by atoms with van der Waals surface area (Å²) in [6.45, 7) is 0. The van der Waals surface area contributed by atoms with Crippen molar-refractivity contribution in [3.8, 4) is 6.07 Å². The topological polar surface area (TPSA) is 65.8 Å². The summed E-state index contributed by atoms with van der Waals surface area (Å²) in [6, 6.07) is 7.11. The number of nitriles is 1. The molecule has 0 spiro atoms. The molecule has 0 atom stereocenters. The molecule has 0 bridgehead atoms. The van der Waals surface area contributed by atoms with Gasteiger partial charge in [-0.1, -0.05) is 29.3 Å². The molecule has 0 radical (unpaired) electrons. The number of nitrogens with one attached hydrogen (secondary N) is 1. The maximum Gasteiger partial charge on any atom is 0.240 e. The maximum atomic E-state index is 11.3. The molecule has 2 aromatic rings. The van der Waals surface area contributed by atoms with Crippen LogP contribution in [0.25, 0.3) is 0 Å². The van der Waals surface area contributed by atoms with Crippen LogP contribution in [0.5, 0.6) is 0 Å². The van der Waals surface area contributed by atoms with Gasteiger partial charge >= 0.3 is 0 Å². The first-order chi connectivity index (χ1) is 9.58. The fourth-order valence-electron chi connectivity index (χ4n) is 1.54. The predicted octanol–water partition coefficient (Wildman–Crippen LogP) is 3.89. The summed E-state index contributed by atoms with van der Waals surface area (Å²) >= 11 is 13.3. The van der Waals surface area contributed by atoms with E-state index < -0.39 is 0 Å². The zero-order valence-corrected chi connectivity index (χ0v) is 12.5. The number of rotatable bonds is 4. The first kappa shape index (κ1) is 14.8. The Kier molecular flexibility index (Phi) is 4.96. The fourth-order valence-corrected chi connectivity index (χ4v) is 2.86. The zero-order chi connectivity index (χ0) is 14.5. The average molecular weight is 326 g/mol. The molecule has 0 saturated heterocycles. The Labute approximate surface area is 130 Å². The Morgan fingerprint density at radius 2 is 2.25 bits per heavy atom.